The number of aryl methyl sites for hydroxylation is 2. The molecule has 2 N–H and O–H groups in total. The fraction of sp³-hybridized carbons (Fsp3) is 0.391. The molecule has 1 saturated heterocycles. The smallest absolute Gasteiger partial charge is 0.405 e. The Bertz CT molecular complexity index is 1270. The van der Waals surface area contributed by atoms with Gasteiger partial charge in [-0.2, -0.15) is 18.3 Å². The van der Waals surface area contributed by atoms with Crippen LogP contribution >= 0.6 is 0 Å². The number of carbonyl (C=O) groups is 3. The van der Waals surface area contributed by atoms with Crippen molar-refractivity contribution in [1.29, 1.82) is 0 Å². The number of nitrogens with zero attached hydrogens (tertiary/aromatic N) is 3. The molecule has 0 unspecified atom stereocenters. The van der Waals surface area contributed by atoms with E-state index in [1.807, 2.05) is 12.2 Å². The summed E-state index contributed by atoms with van der Waals surface area (Å²) >= 11 is 0. The summed E-state index contributed by atoms with van der Waals surface area (Å²) in [6.45, 7) is 0.311. The number of furan rings is 1. The highest BCUT2D eigenvalue weighted by molar-refractivity contribution is 6.07. The summed E-state index contributed by atoms with van der Waals surface area (Å²) in [6, 6.07) is 6.56. The Morgan fingerprint density at radius 3 is 2.66 bits per heavy atom. The number of hydrogen-bond donors (Lipinski definition) is 2. The number of amides is 3. The first-order chi connectivity index (χ1) is 16.6. The number of carbonyl (C=O) groups excluding carboxylic acids is 3. The average molecular weight is 491 g/mol. The molecule has 2 aromatic heterocycles. The van der Waals surface area contributed by atoms with Gasteiger partial charge >= 0.3 is 6.18 Å². The summed E-state index contributed by atoms with van der Waals surface area (Å²) in [6.07, 6.45) is -2.76. The van der Waals surface area contributed by atoms with E-state index >= 15 is 0 Å². The van der Waals surface area contributed by atoms with Crippen LogP contribution in [0.2, 0.25) is 0 Å². The predicted octanol–water partition coefficient (Wildman–Crippen LogP) is 2.42. The number of para-hydroxylation sites is 1. The Hall–Kier alpha value is -3.83. The maximum atomic E-state index is 13.4. The van der Waals surface area contributed by atoms with Crippen molar-refractivity contribution in [2.75, 3.05) is 13.1 Å². The van der Waals surface area contributed by atoms with Crippen molar-refractivity contribution < 1.29 is 32.0 Å². The second-order valence-corrected chi connectivity index (χ2v) is 8.36. The summed E-state index contributed by atoms with van der Waals surface area (Å²) in [4.78, 5) is 40.1. The van der Waals surface area contributed by atoms with Crippen LogP contribution in [0.15, 0.2) is 41.0 Å². The van der Waals surface area contributed by atoms with Crippen LogP contribution < -0.4 is 10.6 Å². The number of benzene rings is 1. The minimum Gasteiger partial charge on any atom is -0.463 e. The SMILES string of the molecule is CCc1cc(C(=O)N[C@@H]2C[C@@H](C(=O)NCC(F)(F)F)N(C(=O)c3coc4ccccc34)C2)n(C)n1. The maximum Gasteiger partial charge on any atom is 0.405 e. The van der Waals surface area contributed by atoms with Crippen LogP contribution in [0, 0.1) is 0 Å². The van der Waals surface area contributed by atoms with E-state index in [2.05, 4.69) is 10.4 Å². The molecule has 9 nitrogen and oxygen atoms in total. The zero-order chi connectivity index (χ0) is 25.3. The molecule has 0 aliphatic carbocycles. The molecule has 1 aliphatic heterocycles. The Kier molecular flexibility index (Phi) is 6.55. The van der Waals surface area contributed by atoms with E-state index in [9.17, 15) is 27.6 Å². The van der Waals surface area contributed by atoms with Crippen molar-refractivity contribution in [2.24, 2.45) is 7.05 Å². The molecule has 4 rings (SSSR count). The monoisotopic (exact) mass is 491 g/mol. The second kappa shape index (κ2) is 9.43. The fourth-order valence-corrected chi connectivity index (χ4v) is 4.19. The van der Waals surface area contributed by atoms with Crippen molar-refractivity contribution >= 4 is 28.7 Å². The molecule has 1 aliphatic rings. The van der Waals surface area contributed by atoms with Crippen LogP contribution in [0.25, 0.3) is 11.0 Å². The van der Waals surface area contributed by atoms with E-state index in [-0.39, 0.29) is 18.5 Å². The number of aromatic nitrogens is 2. The third-order valence-electron chi connectivity index (χ3n) is 5.90. The van der Waals surface area contributed by atoms with Crippen LogP contribution in [0.3, 0.4) is 0 Å². The van der Waals surface area contributed by atoms with E-state index in [0.717, 1.165) is 5.69 Å². The van der Waals surface area contributed by atoms with E-state index in [1.165, 1.54) is 15.8 Å². The minimum absolute atomic E-state index is 0.0462. The Morgan fingerprint density at radius 2 is 1.97 bits per heavy atom. The number of fused-ring (bicyclic) bond motifs is 1. The normalized spacial score (nSPS) is 18.1. The van der Waals surface area contributed by atoms with Gasteiger partial charge in [-0.25, -0.2) is 0 Å². The highest BCUT2D eigenvalue weighted by atomic mass is 19.4. The van der Waals surface area contributed by atoms with Crippen LogP contribution in [-0.4, -0.2) is 63.8 Å². The topological polar surface area (TPSA) is 109 Å². The van der Waals surface area contributed by atoms with Gasteiger partial charge in [0.2, 0.25) is 5.91 Å². The quantitative estimate of drug-likeness (QED) is 0.551. The van der Waals surface area contributed by atoms with Gasteiger partial charge in [-0.15, -0.1) is 0 Å². The van der Waals surface area contributed by atoms with Crippen molar-refractivity contribution in [3.8, 4) is 0 Å². The third kappa shape index (κ3) is 5.15. The molecule has 0 saturated carbocycles. The van der Waals surface area contributed by atoms with Gasteiger partial charge in [0, 0.05) is 25.0 Å². The number of likely N-dealkylation sites (tertiary alicyclic amines) is 1. The highest BCUT2D eigenvalue weighted by Crippen LogP contribution is 2.27. The van der Waals surface area contributed by atoms with Crippen molar-refractivity contribution in [1.82, 2.24) is 25.3 Å². The summed E-state index contributed by atoms with van der Waals surface area (Å²) in [5.41, 5.74) is 1.66. The largest absolute Gasteiger partial charge is 0.463 e. The van der Waals surface area contributed by atoms with Crippen molar-refractivity contribution in [2.45, 2.75) is 38.0 Å². The average Bonchev–Trinajstić information content (AvgIpc) is 3.53. The van der Waals surface area contributed by atoms with Crippen LogP contribution in [0.4, 0.5) is 13.2 Å². The first-order valence-electron chi connectivity index (χ1n) is 11.0. The molecule has 2 atom stereocenters. The lowest BCUT2D eigenvalue weighted by Gasteiger charge is -2.23. The lowest BCUT2D eigenvalue weighted by Crippen LogP contribution is -2.48. The highest BCUT2D eigenvalue weighted by Gasteiger charge is 2.42. The fourth-order valence-electron chi connectivity index (χ4n) is 4.19. The molecular formula is C23H24F3N5O4. The lowest BCUT2D eigenvalue weighted by molar-refractivity contribution is -0.140. The molecule has 186 valence electrons. The summed E-state index contributed by atoms with van der Waals surface area (Å²) in [7, 11) is 1.62. The predicted molar refractivity (Wildman–Crippen MR) is 119 cm³/mol. The van der Waals surface area contributed by atoms with Gasteiger partial charge in [0.15, 0.2) is 0 Å². The Morgan fingerprint density at radius 1 is 1.23 bits per heavy atom. The molecule has 0 bridgehead atoms. The Labute approximate surface area is 198 Å². The summed E-state index contributed by atoms with van der Waals surface area (Å²) in [5, 5.41) is 9.37. The van der Waals surface area contributed by atoms with Gasteiger partial charge in [-0.05, 0) is 25.0 Å². The third-order valence-corrected chi connectivity index (χ3v) is 5.90. The zero-order valence-corrected chi connectivity index (χ0v) is 19.1. The van der Waals surface area contributed by atoms with E-state index < -0.39 is 42.5 Å². The van der Waals surface area contributed by atoms with Crippen molar-refractivity contribution in [3.05, 3.63) is 53.5 Å². The summed E-state index contributed by atoms with van der Waals surface area (Å²) in [5.74, 6) is -1.98. The minimum atomic E-state index is -4.60. The molecule has 1 aromatic carbocycles. The van der Waals surface area contributed by atoms with Crippen LogP contribution in [-0.2, 0) is 18.3 Å². The molecule has 0 radical (unpaired) electrons. The molecule has 3 heterocycles. The molecule has 3 amide bonds. The first-order valence-corrected chi connectivity index (χ1v) is 11.0. The van der Waals surface area contributed by atoms with Gasteiger partial charge in [0.25, 0.3) is 11.8 Å². The van der Waals surface area contributed by atoms with Gasteiger partial charge in [-0.3, -0.25) is 19.1 Å². The molecular weight excluding hydrogens is 467 g/mol. The van der Waals surface area contributed by atoms with Crippen molar-refractivity contribution in [3.63, 3.8) is 0 Å². The number of nitrogens with one attached hydrogen (secondary N) is 2. The Balaban J connectivity index is 1.57. The van der Waals surface area contributed by atoms with Crippen LogP contribution in [0.5, 0.6) is 0 Å². The van der Waals surface area contributed by atoms with Gasteiger partial charge < -0.3 is 20.0 Å². The van der Waals surface area contributed by atoms with Gasteiger partial charge in [0.05, 0.1) is 11.3 Å². The van der Waals surface area contributed by atoms with E-state index in [0.29, 0.717) is 23.1 Å². The molecule has 12 heteroatoms. The summed E-state index contributed by atoms with van der Waals surface area (Å²) < 4.78 is 44.9. The lowest BCUT2D eigenvalue weighted by atomic mass is 10.1. The number of alkyl halides is 3. The van der Waals surface area contributed by atoms with E-state index in [1.54, 1.807) is 37.4 Å². The number of hydrogen-bond acceptors (Lipinski definition) is 5. The van der Waals surface area contributed by atoms with Gasteiger partial charge in [-0.1, -0.05) is 25.1 Å². The van der Waals surface area contributed by atoms with Crippen LogP contribution in [0.1, 0.15) is 39.9 Å². The second-order valence-electron chi connectivity index (χ2n) is 8.36. The van der Waals surface area contributed by atoms with Gasteiger partial charge in [0.1, 0.15) is 30.1 Å². The first kappa shape index (κ1) is 24.3. The standard InChI is InChI=1S/C23H24F3N5O4/c1-3-13-8-17(30(2)29-13)21(33)28-14-9-18(20(32)27-12-23(24,25)26)31(10-14)22(34)16-11-35-19-7-5-4-6-15(16)19/h4-8,11,14,18H,3,9-10,12H2,1-2H3,(H,27,32)(H,28,33)/t14-,18+/m1/s1. The molecule has 0 spiro atoms. The molecule has 3 aromatic rings. The molecule has 35 heavy (non-hydrogen) atoms. The number of rotatable bonds is 6. The molecule has 1 fully saturated rings. The number of halogens is 3. The maximum absolute atomic E-state index is 13.4. The van der Waals surface area contributed by atoms with E-state index in [4.69, 9.17) is 4.42 Å². The zero-order valence-electron chi connectivity index (χ0n) is 19.1.